The monoisotopic (exact) mass is 269 g/mol. The lowest BCUT2D eigenvalue weighted by Gasteiger charge is -2.17. The van der Waals surface area contributed by atoms with Crippen molar-refractivity contribution in [2.45, 2.75) is 26.4 Å². The molecule has 92 valence electrons. The van der Waals surface area contributed by atoms with Gasteiger partial charge in [-0.05, 0) is 18.6 Å². The fraction of sp³-hybridized carbons (Fsp3) is 0.500. The number of rotatable bonds is 5. The Kier molecular flexibility index (Phi) is 3.90. The maximum Gasteiger partial charge on any atom is 0.225 e. The van der Waals surface area contributed by atoms with Gasteiger partial charge in [0.1, 0.15) is 0 Å². The van der Waals surface area contributed by atoms with Crippen molar-refractivity contribution >= 4 is 29.5 Å². The molecule has 0 spiro atoms. The Balaban J connectivity index is 2.18. The molecule has 5 nitrogen and oxygen atoms in total. The van der Waals surface area contributed by atoms with Crippen LogP contribution in [0.2, 0.25) is 0 Å². The van der Waals surface area contributed by atoms with Gasteiger partial charge in [0, 0.05) is 19.0 Å². The van der Waals surface area contributed by atoms with Crippen molar-refractivity contribution in [1.29, 1.82) is 0 Å². The van der Waals surface area contributed by atoms with Crippen LogP contribution in [0.1, 0.15) is 19.0 Å². The molecule has 0 aliphatic heterocycles. The maximum atomic E-state index is 5.21. The summed E-state index contributed by atoms with van der Waals surface area (Å²) in [6.07, 6.45) is 1.03. The van der Waals surface area contributed by atoms with Gasteiger partial charge < -0.3 is 4.90 Å². The molecule has 1 N–H and O–H groups in total. The molecule has 0 saturated heterocycles. The average Bonchev–Trinajstić information content (AvgIpc) is 2.91. The molecule has 0 amide bonds. The van der Waals surface area contributed by atoms with E-state index in [4.69, 9.17) is 12.2 Å². The first-order valence-electron chi connectivity index (χ1n) is 5.45. The lowest BCUT2D eigenvalue weighted by Crippen LogP contribution is -2.21. The van der Waals surface area contributed by atoms with Crippen LogP contribution < -0.4 is 4.90 Å². The Morgan fingerprint density at radius 2 is 2.41 bits per heavy atom. The molecule has 0 aliphatic rings. The summed E-state index contributed by atoms with van der Waals surface area (Å²) >= 11 is 6.81. The number of hydrogen-bond acceptors (Lipinski definition) is 5. The summed E-state index contributed by atoms with van der Waals surface area (Å²) in [4.78, 5) is 6.32. The molecule has 17 heavy (non-hydrogen) atoms. The van der Waals surface area contributed by atoms with Gasteiger partial charge in [0.15, 0.2) is 4.77 Å². The van der Waals surface area contributed by atoms with Crippen molar-refractivity contribution in [3.05, 3.63) is 21.4 Å². The SMILES string of the molecule is CCCn1c(N(C)Cc2cscn2)n[nH]c1=S. The van der Waals surface area contributed by atoms with Crippen LogP contribution in [0.5, 0.6) is 0 Å². The Hall–Kier alpha value is -1.21. The summed E-state index contributed by atoms with van der Waals surface area (Å²) in [6, 6.07) is 0. The van der Waals surface area contributed by atoms with Crippen LogP contribution in [-0.2, 0) is 13.1 Å². The molecule has 2 heterocycles. The van der Waals surface area contributed by atoms with E-state index in [-0.39, 0.29) is 0 Å². The molecule has 2 aromatic heterocycles. The molecular weight excluding hydrogens is 254 g/mol. The highest BCUT2D eigenvalue weighted by atomic mass is 32.1. The Morgan fingerprint density at radius 3 is 3.06 bits per heavy atom. The van der Waals surface area contributed by atoms with Crippen LogP contribution in [0.4, 0.5) is 5.95 Å². The van der Waals surface area contributed by atoms with Crippen LogP contribution in [0.3, 0.4) is 0 Å². The zero-order valence-electron chi connectivity index (χ0n) is 9.88. The van der Waals surface area contributed by atoms with E-state index in [2.05, 4.69) is 27.0 Å². The highest BCUT2D eigenvalue weighted by molar-refractivity contribution is 7.71. The lowest BCUT2D eigenvalue weighted by atomic mass is 10.4. The molecule has 2 aromatic rings. The van der Waals surface area contributed by atoms with Crippen molar-refractivity contribution in [2.75, 3.05) is 11.9 Å². The number of nitrogens with one attached hydrogen (secondary N) is 1. The zero-order chi connectivity index (χ0) is 12.3. The van der Waals surface area contributed by atoms with Gasteiger partial charge in [0.2, 0.25) is 5.95 Å². The molecule has 0 radical (unpaired) electrons. The first kappa shape index (κ1) is 12.3. The van der Waals surface area contributed by atoms with Crippen molar-refractivity contribution < 1.29 is 0 Å². The van der Waals surface area contributed by atoms with Crippen LogP contribution in [0.15, 0.2) is 10.9 Å². The van der Waals surface area contributed by atoms with E-state index in [1.807, 2.05) is 22.5 Å². The topological polar surface area (TPSA) is 49.7 Å². The van der Waals surface area contributed by atoms with E-state index in [0.717, 1.165) is 31.2 Å². The van der Waals surface area contributed by atoms with Crippen LogP contribution in [0.25, 0.3) is 0 Å². The van der Waals surface area contributed by atoms with E-state index in [0.29, 0.717) is 4.77 Å². The number of aromatic nitrogens is 4. The van der Waals surface area contributed by atoms with Crippen LogP contribution in [-0.4, -0.2) is 26.8 Å². The lowest BCUT2D eigenvalue weighted by molar-refractivity contribution is 0.653. The molecule has 2 rings (SSSR count). The van der Waals surface area contributed by atoms with Gasteiger partial charge >= 0.3 is 0 Å². The predicted molar refractivity (Wildman–Crippen MR) is 71.9 cm³/mol. The van der Waals surface area contributed by atoms with E-state index in [9.17, 15) is 0 Å². The second-order valence-corrected chi connectivity index (χ2v) is 4.92. The zero-order valence-corrected chi connectivity index (χ0v) is 11.5. The number of H-pyrrole nitrogens is 1. The number of nitrogens with zero attached hydrogens (tertiary/aromatic N) is 4. The van der Waals surface area contributed by atoms with Gasteiger partial charge in [-0.1, -0.05) is 6.92 Å². The minimum Gasteiger partial charge on any atom is -0.338 e. The second kappa shape index (κ2) is 5.42. The van der Waals surface area contributed by atoms with E-state index < -0.39 is 0 Å². The first-order chi connectivity index (χ1) is 8.22. The molecule has 0 atom stereocenters. The van der Waals surface area contributed by atoms with E-state index in [1.165, 1.54) is 0 Å². The Morgan fingerprint density at radius 1 is 1.59 bits per heavy atom. The summed E-state index contributed by atoms with van der Waals surface area (Å²) in [5.41, 5.74) is 2.89. The smallest absolute Gasteiger partial charge is 0.225 e. The number of hydrogen-bond donors (Lipinski definition) is 1. The molecular formula is C10H15N5S2. The molecule has 0 fully saturated rings. The highest BCUT2D eigenvalue weighted by Crippen LogP contribution is 2.13. The second-order valence-electron chi connectivity index (χ2n) is 3.82. The third-order valence-electron chi connectivity index (χ3n) is 2.41. The summed E-state index contributed by atoms with van der Waals surface area (Å²) in [6.45, 7) is 3.75. The minimum atomic E-state index is 0.673. The number of aromatic amines is 1. The fourth-order valence-corrected chi connectivity index (χ4v) is 2.42. The maximum absolute atomic E-state index is 5.21. The first-order valence-corrected chi connectivity index (χ1v) is 6.81. The normalized spacial score (nSPS) is 10.7. The van der Waals surface area contributed by atoms with Crippen LogP contribution in [0, 0.1) is 4.77 Å². The third-order valence-corrected chi connectivity index (χ3v) is 3.36. The van der Waals surface area contributed by atoms with Crippen molar-refractivity contribution in [1.82, 2.24) is 19.7 Å². The highest BCUT2D eigenvalue weighted by Gasteiger charge is 2.11. The van der Waals surface area contributed by atoms with E-state index >= 15 is 0 Å². The van der Waals surface area contributed by atoms with Gasteiger partial charge in [-0.3, -0.25) is 4.57 Å². The summed E-state index contributed by atoms with van der Waals surface area (Å²) in [7, 11) is 2.00. The van der Waals surface area contributed by atoms with E-state index in [1.54, 1.807) is 11.3 Å². The van der Waals surface area contributed by atoms with Gasteiger partial charge in [0.05, 0.1) is 17.7 Å². The minimum absolute atomic E-state index is 0.673. The predicted octanol–water partition coefficient (Wildman–Crippen LogP) is 2.44. The van der Waals surface area contributed by atoms with Gasteiger partial charge in [-0.15, -0.1) is 16.4 Å². The molecule has 0 saturated carbocycles. The molecule has 0 aliphatic carbocycles. The third kappa shape index (κ3) is 2.73. The number of thiazole rings is 1. The summed E-state index contributed by atoms with van der Waals surface area (Å²) in [5.74, 6) is 0.866. The van der Waals surface area contributed by atoms with Crippen molar-refractivity contribution in [3.63, 3.8) is 0 Å². The standard InChI is InChI=1S/C10H15N5S2/c1-3-4-15-9(12-13-10(15)16)14(2)5-8-6-17-7-11-8/h6-7H,3-5H2,1-2H3,(H,13,16). The quantitative estimate of drug-likeness (QED) is 0.847. The van der Waals surface area contributed by atoms with Crippen LogP contribution >= 0.6 is 23.6 Å². The van der Waals surface area contributed by atoms with Gasteiger partial charge in [-0.25, -0.2) is 10.1 Å². The molecule has 0 unspecified atom stereocenters. The summed E-state index contributed by atoms with van der Waals surface area (Å²) in [5, 5.41) is 9.14. The fourth-order valence-electron chi connectivity index (χ4n) is 1.66. The molecule has 0 bridgehead atoms. The summed E-state index contributed by atoms with van der Waals surface area (Å²) < 4.78 is 2.69. The Bertz CT molecular complexity index is 513. The van der Waals surface area contributed by atoms with Gasteiger partial charge in [-0.2, -0.15) is 0 Å². The number of anilines is 1. The van der Waals surface area contributed by atoms with Crippen molar-refractivity contribution in [2.24, 2.45) is 0 Å². The molecule has 7 heteroatoms. The molecule has 0 aromatic carbocycles. The Labute approximate surface area is 109 Å². The van der Waals surface area contributed by atoms with Crippen molar-refractivity contribution in [3.8, 4) is 0 Å². The van der Waals surface area contributed by atoms with Gasteiger partial charge in [0.25, 0.3) is 0 Å². The largest absolute Gasteiger partial charge is 0.338 e. The average molecular weight is 269 g/mol.